The fourth-order valence-electron chi connectivity index (χ4n) is 2.39. The van der Waals surface area contributed by atoms with E-state index >= 15 is 0 Å². The van der Waals surface area contributed by atoms with Gasteiger partial charge in [0.2, 0.25) is 0 Å². The standard InChI is InChI=1S/C19H23ClN6O3/c1-19(2,9-11-22-17(27)14-5-7-15(20)8-6-14)13-23-18(25-26(28)29)24-16-4-3-10-21-12-16/h3-8,10,12H,9,11,13H2,1-2H3,(H,22,27)(H2,23,24,25). The number of hydrogen-bond donors (Lipinski definition) is 3. The van der Waals surface area contributed by atoms with E-state index in [0.29, 0.717) is 35.8 Å². The number of carbonyl (C=O) groups excluding carboxylic acids is 1. The largest absolute Gasteiger partial charge is 0.352 e. The maximum absolute atomic E-state index is 12.2. The number of guanidine groups is 1. The molecule has 2 aromatic rings. The van der Waals surface area contributed by atoms with Gasteiger partial charge in [0.1, 0.15) is 5.10 Å². The van der Waals surface area contributed by atoms with Crippen LogP contribution in [-0.2, 0) is 0 Å². The Kier molecular flexibility index (Phi) is 7.90. The minimum absolute atomic E-state index is 0.0151. The lowest BCUT2D eigenvalue weighted by Gasteiger charge is -2.25. The van der Waals surface area contributed by atoms with Crippen LogP contribution in [0.2, 0.25) is 5.02 Å². The van der Waals surface area contributed by atoms with E-state index in [9.17, 15) is 14.9 Å². The fourth-order valence-corrected chi connectivity index (χ4v) is 2.51. The molecular formula is C19H23ClN6O3. The lowest BCUT2D eigenvalue weighted by molar-refractivity contribution is -0.485. The monoisotopic (exact) mass is 418 g/mol. The molecule has 0 atom stereocenters. The Morgan fingerprint density at radius 3 is 2.59 bits per heavy atom. The molecule has 0 fully saturated rings. The zero-order valence-corrected chi connectivity index (χ0v) is 16.9. The summed E-state index contributed by atoms with van der Waals surface area (Å²) in [7, 11) is 0. The van der Waals surface area contributed by atoms with Crippen LogP contribution in [0.25, 0.3) is 0 Å². The van der Waals surface area contributed by atoms with Crippen molar-refractivity contribution in [3.63, 3.8) is 0 Å². The number of aromatic nitrogens is 1. The topological polar surface area (TPSA) is 122 Å². The Morgan fingerprint density at radius 1 is 1.24 bits per heavy atom. The Bertz CT molecular complexity index is 856. The van der Waals surface area contributed by atoms with Crippen LogP contribution in [0.3, 0.4) is 0 Å². The second kappa shape index (κ2) is 10.4. The molecule has 0 aliphatic heterocycles. The predicted octanol–water partition coefficient (Wildman–Crippen LogP) is 3.13. The van der Waals surface area contributed by atoms with Gasteiger partial charge in [0.25, 0.3) is 11.9 Å². The number of halogens is 1. The van der Waals surface area contributed by atoms with E-state index in [2.05, 4.69) is 26.0 Å². The van der Waals surface area contributed by atoms with Crippen molar-refractivity contribution in [1.82, 2.24) is 15.6 Å². The van der Waals surface area contributed by atoms with Crippen molar-refractivity contribution in [2.45, 2.75) is 20.3 Å². The first kappa shape index (κ1) is 22.1. The van der Waals surface area contributed by atoms with Crippen LogP contribution in [0.15, 0.2) is 53.9 Å². The summed E-state index contributed by atoms with van der Waals surface area (Å²) < 4.78 is 0. The van der Waals surface area contributed by atoms with E-state index in [1.165, 1.54) is 6.20 Å². The summed E-state index contributed by atoms with van der Waals surface area (Å²) in [5, 5.41) is 22.6. The van der Waals surface area contributed by atoms with Crippen molar-refractivity contribution in [3.05, 3.63) is 69.5 Å². The molecular weight excluding hydrogens is 396 g/mol. The zero-order valence-electron chi connectivity index (χ0n) is 16.2. The highest BCUT2D eigenvalue weighted by Gasteiger charge is 2.20. The van der Waals surface area contributed by atoms with Crippen molar-refractivity contribution in [3.8, 4) is 0 Å². The maximum atomic E-state index is 12.2. The second-order valence-electron chi connectivity index (χ2n) is 7.08. The minimum Gasteiger partial charge on any atom is -0.352 e. The molecule has 2 rings (SSSR count). The van der Waals surface area contributed by atoms with Gasteiger partial charge in [-0.3, -0.25) is 9.78 Å². The van der Waals surface area contributed by atoms with Gasteiger partial charge in [0.05, 0.1) is 11.9 Å². The van der Waals surface area contributed by atoms with Crippen LogP contribution in [0.5, 0.6) is 0 Å². The lowest BCUT2D eigenvalue weighted by atomic mass is 9.89. The summed E-state index contributed by atoms with van der Waals surface area (Å²) in [6.07, 6.45) is 3.79. The molecule has 1 aromatic heterocycles. The number of amides is 1. The van der Waals surface area contributed by atoms with Gasteiger partial charge >= 0.3 is 0 Å². The smallest absolute Gasteiger partial charge is 0.273 e. The molecule has 0 spiro atoms. The molecule has 0 unspecified atom stereocenters. The normalized spacial score (nSPS) is 11.6. The Morgan fingerprint density at radius 2 is 1.97 bits per heavy atom. The first-order valence-corrected chi connectivity index (χ1v) is 9.31. The number of pyridine rings is 1. The number of anilines is 1. The van der Waals surface area contributed by atoms with Gasteiger partial charge in [-0.25, -0.2) is 10.1 Å². The number of nitro groups is 1. The average molecular weight is 419 g/mol. The van der Waals surface area contributed by atoms with E-state index in [1.54, 1.807) is 42.6 Å². The Hall–Kier alpha value is -3.20. The highest BCUT2D eigenvalue weighted by atomic mass is 35.5. The molecule has 29 heavy (non-hydrogen) atoms. The van der Waals surface area contributed by atoms with Crippen LogP contribution in [0.1, 0.15) is 30.6 Å². The van der Waals surface area contributed by atoms with Gasteiger partial charge in [-0.15, -0.1) is 0 Å². The van der Waals surface area contributed by atoms with Crippen LogP contribution in [0.4, 0.5) is 5.69 Å². The molecule has 1 heterocycles. The number of rotatable bonds is 8. The van der Waals surface area contributed by atoms with Crippen molar-refractivity contribution >= 4 is 29.2 Å². The van der Waals surface area contributed by atoms with Gasteiger partial charge in [-0.2, -0.15) is 0 Å². The third-order valence-electron chi connectivity index (χ3n) is 4.03. The van der Waals surface area contributed by atoms with Crippen molar-refractivity contribution < 1.29 is 9.83 Å². The van der Waals surface area contributed by atoms with Gasteiger partial charge in [0, 0.05) is 29.9 Å². The van der Waals surface area contributed by atoms with Crippen LogP contribution >= 0.6 is 11.6 Å². The summed E-state index contributed by atoms with van der Waals surface area (Å²) in [6.45, 7) is 4.84. The summed E-state index contributed by atoms with van der Waals surface area (Å²) in [6, 6.07) is 10.1. The highest BCUT2D eigenvalue weighted by molar-refractivity contribution is 6.30. The van der Waals surface area contributed by atoms with Crippen LogP contribution < -0.4 is 16.0 Å². The second-order valence-corrected chi connectivity index (χ2v) is 7.52. The lowest BCUT2D eigenvalue weighted by Crippen LogP contribution is -2.40. The van der Waals surface area contributed by atoms with Crippen molar-refractivity contribution in [2.75, 3.05) is 18.4 Å². The first-order valence-electron chi connectivity index (χ1n) is 8.93. The molecule has 3 N–H and O–H groups in total. The molecule has 0 saturated carbocycles. The third kappa shape index (κ3) is 8.14. The first-order chi connectivity index (χ1) is 13.7. The quantitative estimate of drug-likeness (QED) is 0.262. The SMILES string of the molecule is CC(C)(CCNC(=O)c1ccc(Cl)cc1)CNC(=N[N+](=O)[O-])Nc1cccnc1. The molecule has 0 saturated heterocycles. The Labute approximate surface area is 173 Å². The number of hydrazone groups is 1. The fraction of sp³-hybridized carbons (Fsp3) is 0.316. The summed E-state index contributed by atoms with van der Waals surface area (Å²) in [5.41, 5.74) is 0.849. The minimum atomic E-state index is -0.773. The highest BCUT2D eigenvalue weighted by Crippen LogP contribution is 2.18. The molecule has 1 aromatic carbocycles. The number of carbonyl (C=O) groups is 1. The summed E-state index contributed by atoms with van der Waals surface area (Å²) in [5.74, 6) is -0.166. The molecule has 1 amide bonds. The molecule has 0 bridgehead atoms. The molecule has 0 aliphatic rings. The molecule has 9 nitrogen and oxygen atoms in total. The summed E-state index contributed by atoms with van der Waals surface area (Å²) >= 11 is 5.82. The van der Waals surface area contributed by atoms with Crippen molar-refractivity contribution in [2.24, 2.45) is 10.5 Å². The van der Waals surface area contributed by atoms with E-state index < -0.39 is 5.03 Å². The van der Waals surface area contributed by atoms with Crippen LogP contribution in [0, 0.1) is 15.5 Å². The van der Waals surface area contributed by atoms with Gasteiger partial charge in [-0.05, 0) is 48.2 Å². The van der Waals surface area contributed by atoms with E-state index in [1.807, 2.05) is 13.8 Å². The van der Waals surface area contributed by atoms with E-state index in [0.717, 1.165) is 0 Å². The zero-order chi connectivity index (χ0) is 21.3. The van der Waals surface area contributed by atoms with Gasteiger partial charge in [-0.1, -0.05) is 25.4 Å². The number of nitrogens with zero attached hydrogens (tertiary/aromatic N) is 3. The average Bonchev–Trinajstić information content (AvgIpc) is 2.67. The van der Waals surface area contributed by atoms with Crippen LogP contribution in [-0.4, -0.2) is 35.0 Å². The van der Waals surface area contributed by atoms with E-state index in [4.69, 9.17) is 11.6 Å². The summed E-state index contributed by atoms with van der Waals surface area (Å²) in [4.78, 5) is 26.9. The number of hydrogen-bond acceptors (Lipinski definition) is 4. The molecule has 10 heteroatoms. The van der Waals surface area contributed by atoms with Gasteiger partial charge < -0.3 is 16.0 Å². The van der Waals surface area contributed by atoms with E-state index in [-0.39, 0.29) is 17.3 Å². The van der Waals surface area contributed by atoms with Gasteiger partial charge in [0.15, 0.2) is 5.03 Å². The Balaban J connectivity index is 1.85. The number of benzene rings is 1. The molecule has 0 radical (unpaired) electrons. The molecule has 154 valence electrons. The third-order valence-corrected chi connectivity index (χ3v) is 4.29. The maximum Gasteiger partial charge on any atom is 0.273 e. The predicted molar refractivity (Wildman–Crippen MR) is 112 cm³/mol. The molecule has 0 aliphatic carbocycles. The van der Waals surface area contributed by atoms with Crippen molar-refractivity contribution in [1.29, 1.82) is 0 Å². The number of nitrogens with one attached hydrogen (secondary N) is 3.